The molecule has 6 heteroatoms. The number of nitrogens with zero attached hydrogens (tertiary/aromatic N) is 1. The van der Waals surface area contributed by atoms with E-state index in [1.54, 1.807) is 12.1 Å². The molecule has 2 aromatic rings. The minimum atomic E-state index is -0.781. The largest absolute Gasteiger partial charge is 0.232 e. The Morgan fingerprint density at radius 3 is 2.24 bits per heavy atom. The molecule has 0 bridgehead atoms. The van der Waals surface area contributed by atoms with E-state index in [2.05, 4.69) is 4.98 Å². The topological polar surface area (TPSA) is 12.9 Å². The SMILES string of the molecule is Fc1nccc(-c2c(Cl)ccc(Cl)c2Cl)c1Cl. The van der Waals surface area contributed by atoms with Crippen LogP contribution in [0.25, 0.3) is 11.1 Å². The molecule has 0 amide bonds. The van der Waals surface area contributed by atoms with Gasteiger partial charge in [0.25, 0.3) is 0 Å². The van der Waals surface area contributed by atoms with Gasteiger partial charge in [-0.15, -0.1) is 0 Å². The molecular formula is C11H4Cl4FN. The van der Waals surface area contributed by atoms with Crippen LogP contribution in [0, 0.1) is 5.95 Å². The van der Waals surface area contributed by atoms with E-state index in [0.29, 0.717) is 21.2 Å². The predicted molar refractivity (Wildman–Crippen MR) is 69.7 cm³/mol. The van der Waals surface area contributed by atoms with E-state index in [1.165, 1.54) is 12.3 Å². The number of aromatic nitrogens is 1. The summed E-state index contributed by atoms with van der Waals surface area (Å²) in [4.78, 5) is 3.43. The second kappa shape index (κ2) is 4.99. The van der Waals surface area contributed by atoms with Crippen LogP contribution in [0.4, 0.5) is 4.39 Å². The van der Waals surface area contributed by atoms with Crippen molar-refractivity contribution in [3.8, 4) is 11.1 Å². The third-order valence-corrected chi connectivity index (χ3v) is 3.64. The van der Waals surface area contributed by atoms with Crippen LogP contribution in [0.3, 0.4) is 0 Å². The summed E-state index contributed by atoms with van der Waals surface area (Å²) in [6.45, 7) is 0. The first kappa shape index (κ1) is 12.9. The molecular weight excluding hydrogens is 307 g/mol. The third kappa shape index (κ3) is 2.36. The normalized spacial score (nSPS) is 10.6. The van der Waals surface area contributed by atoms with Gasteiger partial charge in [0.1, 0.15) is 5.02 Å². The highest BCUT2D eigenvalue weighted by Crippen LogP contribution is 2.41. The third-order valence-electron chi connectivity index (χ3n) is 2.16. The summed E-state index contributed by atoms with van der Waals surface area (Å²) in [5.41, 5.74) is 0.754. The van der Waals surface area contributed by atoms with Crippen molar-refractivity contribution in [3.63, 3.8) is 0 Å². The lowest BCUT2D eigenvalue weighted by molar-refractivity contribution is 0.585. The van der Waals surface area contributed by atoms with Gasteiger partial charge < -0.3 is 0 Å². The minimum Gasteiger partial charge on any atom is -0.227 e. The number of hydrogen-bond acceptors (Lipinski definition) is 1. The number of rotatable bonds is 1. The Hall–Kier alpha value is -0.540. The van der Waals surface area contributed by atoms with Gasteiger partial charge in [0.05, 0.1) is 15.1 Å². The predicted octanol–water partition coefficient (Wildman–Crippen LogP) is 5.50. The number of benzene rings is 1. The summed E-state index contributed by atoms with van der Waals surface area (Å²) >= 11 is 23.8. The molecule has 0 saturated heterocycles. The van der Waals surface area contributed by atoms with Gasteiger partial charge in [0.2, 0.25) is 5.95 Å². The summed E-state index contributed by atoms with van der Waals surface area (Å²) in [7, 11) is 0. The van der Waals surface area contributed by atoms with Crippen molar-refractivity contribution in [1.29, 1.82) is 0 Å². The molecule has 0 N–H and O–H groups in total. The van der Waals surface area contributed by atoms with E-state index in [1.807, 2.05) is 0 Å². The van der Waals surface area contributed by atoms with Gasteiger partial charge in [0.15, 0.2) is 0 Å². The second-order valence-electron chi connectivity index (χ2n) is 3.18. The van der Waals surface area contributed by atoms with E-state index < -0.39 is 5.95 Å². The van der Waals surface area contributed by atoms with Crippen molar-refractivity contribution in [2.24, 2.45) is 0 Å². The van der Waals surface area contributed by atoms with E-state index in [9.17, 15) is 4.39 Å². The molecule has 88 valence electrons. The first-order chi connectivity index (χ1) is 8.02. The van der Waals surface area contributed by atoms with E-state index in [0.717, 1.165) is 0 Å². The molecule has 0 aliphatic rings. The Morgan fingerprint density at radius 1 is 0.882 bits per heavy atom. The molecule has 0 aliphatic carbocycles. The first-order valence-electron chi connectivity index (χ1n) is 4.46. The quantitative estimate of drug-likeness (QED) is 0.500. The maximum absolute atomic E-state index is 13.3. The van der Waals surface area contributed by atoms with E-state index >= 15 is 0 Å². The molecule has 0 atom stereocenters. The maximum atomic E-state index is 13.3. The van der Waals surface area contributed by atoms with Crippen LogP contribution >= 0.6 is 46.4 Å². The van der Waals surface area contributed by atoms with Crippen molar-refractivity contribution in [1.82, 2.24) is 4.98 Å². The first-order valence-corrected chi connectivity index (χ1v) is 5.97. The van der Waals surface area contributed by atoms with E-state index in [-0.39, 0.29) is 10.0 Å². The van der Waals surface area contributed by atoms with Gasteiger partial charge in [-0.3, -0.25) is 0 Å². The zero-order valence-electron chi connectivity index (χ0n) is 8.15. The van der Waals surface area contributed by atoms with Gasteiger partial charge in [0, 0.05) is 17.3 Å². The van der Waals surface area contributed by atoms with Crippen LogP contribution < -0.4 is 0 Å². The Bertz CT molecular complexity index is 586. The average molecular weight is 311 g/mol. The zero-order chi connectivity index (χ0) is 12.6. The van der Waals surface area contributed by atoms with Crippen molar-refractivity contribution >= 4 is 46.4 Å². The van der Waals surface area contributed by atoms with Crippen LogP contribution in [-0.2, 0) is 0 Å². The van der Waals surface area contributed by atoms with Gasteiger partial charge in [-0.25, -0.2) is 4.98 Å². The molecule has 17 heavy (non-hydrogen) atoms. The molecule has 1 aromatic carbocycles. The minimum absolute atomic E-state index is 0.140. The van der Waals surface area contributed by atoms with Crippen LogP contribution in [-0.4, -0.2) is 4.98 Å². The highest BCUT2D eigenvalue weighted by atomic mass is 35.5. The summed E-state index contributed by atoms with van der Waals surface area (Å²) < 4.78 is 13.3. The lowest BCUT2D eigenvalue weighted by Crippen LogP contribution is -1.89. The maximum Gasteiger partial charge on any atom is 0.232 e. The lowest BCUT2D eigenvalue weighted by atomic mass is 10.1. The smallest absolute Gasteiger partial charge is 0.227 e. The number of pyridine rings is 1. The number of hydrogen-bond donors (Lipinski definition) is 0. The fourth-order valence-electron chi connectivity index (χ4n) is 1.39. The highest BCUT2D eigenvalue weighted by molar-refractivity contribution is 6.46. The Kier molecular flexibility index (Phi) is 3.79. The van der Waals surface area contributed by atoms with Crippen LogP contribution in [0.1, 0.15) is 0 Å². The molecule has 1 aromatic heterocycles. The fraction of sp³-hybridized carbons (Fsp3) is 0. The summed E-state index contributed by atoms with van der Waals surface area (Å²) in [6, 6.07) is 4.65. The Balaban J connectivity index is 2.77. The van der Waals surface area contributed by atoms with Gasteiger partial charge in [-0.1, -0.05) is 46.4 Å². The average Bonchev–Trinajstić information content (AvgIpc) is 2.30. The highest BCUT2D eigenvalue weighted by Gasteiger charge is 2.16. The Morgan fingerprint density at radius 2 is 1.53 bits per heavy atom. The molecule has 0 saturated carbocycles. The molecule has 0 fully saturated rings. The van der Waals surface area contributed by atoms with Gasteiger partial charge in [-0.05, 0) is 18.2 Å². The number of halogens is 5. The van der Waals surface area contributed by atoms with Gasteiger partial charge in [-0.2, -0.15) is 4.39 Å². The zero-order valence-corrected chi connectivity index (χ0v) is 11.2. The molecule has 2 rings (SSSR count). The monoisotopic (exact) mass is 309 g/mol. The standard InChI is InChI=1S/C11H4Cl4FN/c12-6-1-2-7(13)10(15)8(6)5-3-4-17-11(16)9(5)14/h1-4H. The van der Waals surface area contributed by atoms with Crippen molar-refractivity contribution in [2.75, 3.05) is 0 Å². The molecule has 1 heterocycles. The Labute approximate surface area is 117 Å². The van der Waals surface area contributed by atoms with Crippen molar-refractivity contribution in [2.45, 2.75) is 0 Å². The summed E-state index contributed by atoms with van der Waals surface area (Å²) in [6.07, 6.45) is 1.28. The van der Waals surface area contributed by atoms with Crippen molar-refractivity contribution < 1.29 is 4.39 Å². The van der Waals surface area contributed by atoms with Crippen molar-refractivity contribution in [3.05, 3.63) is 50.4 Å². The molecule has 0 aliphatic heterocycles. The van der Waals surface area contributed by atoms with Crippen LogP contribution in [0.5, 0.6) is 0 Å². The molecule has 0 unspecified atom stereocenters. The van der Waals surface area contributed by atoms with E-state index in [4.69, 9.17) is 46.4 Å². The molecule has 0 radical (unpaired) electrons. The summed E-state index contributed by atoms with van der Waals surface area (Å²) in [5.74, 6) is -0.781. The van der Waals surface area contributed by atoms with Crippen LogP contribution in [0.15, 0.2) is 24.4 Å². The second-order valence-corrected chi connectivity index (χ2v) is 4.75. The fourth-order valence-corrected chi connectivity index (χ4v) is 2.32. The summed E-state index contributed by atoms with van der Waals surface area (Å²) in [5, 5.41) is 0.747. The lowest BCUT2D eigenvalue weighted by Gasteiger charge is -2.10. The van der Waals surface area contributed by atoms with Gasteiger partial charge >= 0.3 is 0 Å². The molecule has 1 nitrogen and oxygen atoms in total. The molecule has 0 spiro atoms. The van der Waals surface area contributed by atoms with Crippen LogP contribution in [0.2, 0.25) is 20.1 Å².